The lowest BCUT2D eigenvalue weighted by Crippen LogP contribution is -2.21. The number of anilines is 1. The summed E-state index contributed by atoms with van der Waals surface area (Å²) in [4.78, 5) is 12.2. The standard InChI is InChI=1S/C17H23NO3/c1-20-5-6-21-11-12-3-2-4-16(7-12)18-17(19)15-9-13-8-14(13)10-15/h2-4,7,13-15H,5-6,8-11H2,1H3,(H,18,19). The van der Waals surface area contributed by atoms with Crippen LogP contribution >= 0.6 is 0 Å². The van der Waals surface area contributed by atoms with Gasteiger partial charge in [-0.05, 0) is 48.8 Å². The molecule has 3 rings (SSSR count). The lowest BCUT2D eigenvalue weighted by molar-refractivity contribution is -0.120. The largest absolute Gasteiger partial charge is 0.382 e. The van der Waals surface area contributed by atoms with Gasteiger partial charge in [0.2, 0.25) is 5.91 Å². The summed E-state index contributed by atoms with van der Waals surface area (Å²) in [5, 5.41) is 3.05. The van der Waals surface area contributed by atoms with Crippen LogP contribution in [0.3, 0.4) is 0 Å². The number of methoxy groups -OCH3 is 1. The van der Waals surface area contributed by atoms with E-state index >= 15 is 0 Å². The van der Waals surface area contributed by atoms with Gasteiger partial charge in [-0.2, -0.15) is 0 Å². The Morgan fingerprint density at radius 3 is 2.81 bits per heavy atom. The van der Waals surface area contributed by atoms with Gasteiger partial charge in [0.05, 0.1) is 19.8 Å². The maximum absolute atomic E-state index is 12.2. The van der Waals surface area contributed by atoms with Crippen molar-refractivity contribution in [2.45, 2.75) is 25.9 Å². The van der Waals surface area contributed by atoms with E-state index in [2.05, 4.69) is 5.32 Å². The Bertz CT molecular complexity index is 493. The lowest BCUT2D eigenvalue weighted by Gasteiger charge is -2.13. The average molecular weight is 289 g/mol. The Kier molecular flexibility index (Phi) is 4.56. The van der Waals surface area contributed by atoms with E-state index in [-0.39, 0.29) is 11.8 Å². The third-order valence-corrected chi connectivity index (χ3v) is 4.51. The smallest absolute Gasteiger partial charge is 0.227 e. The minimum Gasteiger partial charge on any atom is -0.382 e. The van der Waals surface area contributed by atoms with Crippen molar-refractivity contribution in [1.82, 2.24) is 0 Å². The van der Waals surface area contributed by atoms with Crippen LogP contribution in [0, 0.1) is 17.8 Å². The van der Waals surface area contributed by atoms with Gasteiger partial charge in [-0.15, -0.1) is 0 Å². The van der Waals surface area contributed by atoms with Crippen molar-refractivity contribution in [2.24, 2.45) is 17.8 Å². The van der Waals surface area contributed by atoms with E-state index in [1.807, 2.05) is 24.3 Å². The summed E-state index contributed by atoms with van der Waals surface area (Å²) < 4.78 is 10.4. The number of nitrogens with one attached hydrogen (secondary N) is 1. The van der Waals surface area contributed by atoms with E-state index in [0.29, 0.717) is 19.8 Å². The summed E-state index contributed by atoms with van der Waals surface area (Å²) in [5.41, 5.74) is 1.94. The normalized spacial score (nSPS) is 26.4. The fraction of sp³-hybridized carbons (Fsp3) is 0.588. The Morgan fingerprint density at radius 2 is 2.05 bits per heavy atom. The Balaban J connectivity index is 1.49. The fourth-order valence-corrected chi connectivity index (χ4v) is 3.24. The molecule has 2 unspecified atom stereocenters. The van der Waals surface area contributed by atoms with Gasteiger partial charge >= 0.3 is 0 Å². The zero-order valence-electron chi connectivity index (χ0n) is 12.5. The molecule has 21 heavy (non-hydrogen) atoms. The fourth-order valence-electron chi connectivity index (χ4n) is 3.24. The first-order valence-corrected chi connectivity index (χ1v) is 7.72. The highest BCUT2D eigenvalue weighted by Crippen LogP contribution is 2.54. The number of carbonyl (C=O) groups is 1. The van der Waals surface area contributed by atoms with Crippen molar-refractivity contribution < 1.29 is 14.3 Å². The molecule has 0 radical (unpaired) electrons. The Labute approximate surface area is 125 Å². The van der Waals surface area contributed by atoms with Gasteiger partial charge in [0.15, 0.2) is 0 Å². The van der Waals surface area contributed by atoms with Crippen LogP contribution in [0.15, 0.2) is 24.3 Å². The van der Waals surface area contributed by atoms with Crippen molar-refractivity contribution in [3.05, 3.63) is 29.8 Å². The van der Waals surface area contributed by atoms with Crippen LogP contribution in [0.5, 0.6) is 0 Å². The minimum absolute atomic E-state index is 0.180. The van der Waals surface area contributed by atoms with Gasteiger partial charge in [0.1, 0.15) is 0 Å². The molecule has 2 atom stereocenters. The molecule has 0 heterocycles. The molecule has 1 amide bonds. The van der Waals surface area contributed by atoms with Gasteiger partial charge in [0, 0.05) is 18.7 Å². The maximum Gasteiger partial charge on any atom is 0.227 e. The van der Waals surface area contributed by atoms with Gasteiger partial charge < -0.3 is 14.8 Å². The molecule has 0 saturated heterocycles. The molecule has 4 nitrogen and oxygen atoms in total. The quantitative estimate of drug-likeness (QED) is 0.785. The highest BCUT2D eigenvalue weighted by molar-refractivity contribution is 5.92. The summed E-state index contributed by atoms with van der Waals surface area (Å²) >= 11 is 0. The van der Waals surface area contributed by atoms with Crippen LogP contribution in [-0.2, 0) is 20.9 Å². The number of hydrogen-bond donors (Lipinski definition) is 1. The number of hydrogen-bond acceptors (Lipinski definition) is 3. The van der Waals surface area contributed by atoms with Crippen LogP contribution < -0.4 is 5.32 Å². The molecule has 0 bridgehead atoms. The first-order valence-electron chi connectivity index (χ1n) is 7.72. The van der Waals surface area contributed by atoms with Gasteiger partial charge in [-0.3, -0.25) is 4.79 Å². The third kappa shape index (κ3) is 3.83. The number of fused-ring (bicyclic) bond motifs is 1. The molecule has 2 fully saturated rings. The molecule has 1 N–H and O–H groups in total. The maximum atomic E-state index is 12.2. The molecule has 2 saturated carbocycles. The highest BCUT2D eigenvalue weighted by atomic mass is 16.5. The van der Waals surface area contributed by atoms with E-state index in [9.17, 15) is 4.79 Å². The number of carbonyl (C=O) groups excluding carboxylic acids is 1. The summed E-state index contributed by atoms with van der Waals surface area (Å²) in [7, 11) is 1.66. The number of rotatable bonds is 7. The van der Waals surface area contributed by atoms with Crippen LogP contribution in [-0.4, -0.2) is 26.2 Å². The van der Waals surface area contributed by atoms with E-state index in [1.54, 1.807) is 7.11 Å². The predicted octanol–water partition coefficient (Wildman–Crippen LogP) is 2.83. The second-order valence-corrected chi connectivity index (χ2v) is 6.16. The summed E-state index contributed by atoms with van der Waals surface area (Å²) in [6, 6.07) is 7.89. The van der Waals surface area contributed by atoms with Crippen molar-refractivity contribution in [1.29, 1.82) is 0 Å². The molecule has 0 aliphatic heterocycles. The predicted molar refractivity (Wildman–Crippen MR) is 80.9 cm³/mol. The molecule has 0 aromatic heterocycles. The second kappa shape index (κ2) is 6.58. The average Bonchev–Trinajstić information content (AvgIpc) is 3.10. The Morgan fingerprint density at radius 1 is 1.24 bits per heavy atom. The molecule has 114 valence electrons. The Hall–Kier alpha value is -1.39. The molecular formula is C17H23NO3. The van der Waals surface area contributed by atoms with E-state index in [1.165, 1.54) is 6.42 Å². The minimum atomic E-state index is 0.180. The number of benzene rings is 1. The topological polar surface area (TPSA) is 47.6 Å². The monoisotopic (exact) mass is 289 g/mol. The molecule has 2 aliphatic rings. The third-order valence-electron chi connectivity index (χ3n) is 4.51. The highest BCUT2D eigenvalue weighted by Gasteiger charge is 2.47. The molecule has 4 heteroatoms. The number of ether oxygens (including phenoxy) is 2. The summed E-state index contributed by atoms with van der Waals surface area (Å²) in [5.74, 6) is 2.07. The zero-order chi connectivity index (χ0) is 14.7. The van der Waals surface area contributed by atoms with Crippen LogP contribution in [0.25, 0.3) is 0 Å². The van der Waals surface area contributed by atoms with Crippen molar-refractivity contribution >= 4 is 11.6 Å². The van der Waals surface area contributed by atoms with E-state index in [4.69, 9.17) is 9.47 Å². The zero-order valence-corrected chi connectivity index (χ0v) is 12.5. The van der Waals surface area contributed by atoms with Gasteiger partial charge in [0.25, 0.3) is 0 Å². The van der Waals surface area contributed by atoms with Gasteiger partial charge in [-0.1, -0.05) is 12.1 Å². The molecule has 0 spiro atoms. The van der Waals surface area contributed by atoms with Crippen LogP contribution in [0.4, 0.5) is 5.69 Å². The number of amides is 1. The first kappa shape index (κ1) is 14.5. The molecule has 2 aliphatic carbocycles. The summed E-state index contributed by atoms with van der Waals surface area (Å²) in [6.07, 6.45) is 3.50. The van der Waals surface area contributed by atoms with Crippen molar-refractivity contribution in [2.75, 3.05) is 25.6 Å². The van der Waals surface area contributed by atoms with Crippen LogP contribution in [0.2, 0.25) is 0 Å². The van der Waals surface area contributed by atoms with Crippen LogP contribution in [0.1, 0.15) is 24.8 Å². The second-order valence-electron chi connectivity index (χ2n) is 6.16. The van der Waals surface area contributed by atoms with Gasteiger partial charge in [-0.25, -0.2) is 0 Å². The van der Waals surface area contributed by atoms with Crippen molar-refractivity contribution in [3.63, 3.8) is 0 Å². The van der Waals surface area contributed by atoms with Crippen molar-refractivity contribution in [3.8, 4) is 0 Å². The SMILES string of the molecule is COCCOCc1cccc(NC(=O)C2CC3CC3C2)c1. The molecule has 1 aromatic carbocycles. The van der Waals surface area contributed by atoms with E-state index in [0.717, 1.165) is 35.9 Å². The molecular weight excluding hydrogens is 266 g/mol. The summed E-state index contributed by atoms with van der Waals surface area (Å²) in [6.45, 7) is 1.72. The van der Waals surface area contributed by atoms with E-state index < -0.39 is 0 Å². The lowest BCUT2D eigenvalue weighted by atomic mass is 10.0. The molecule has 1 aromatic rings. The first-order chi connectivity index (χ1) is 10.3.